The molecule has 1 aliphatic rings. The normalized spacial score (nSPS) is 12.6. The van der Waals surface area contributed by atoms with Gasteiger partial charge in [-0.15, -0.1) is 0 Å². The first kappa shape index (κ1) is 96.8. The maximum Gasteiger partial charge on any atom is 0.417 e. The zero-order chi connectivity index (χ0) is 92.3. The summed E-state index contributed by atoms with van der Waals surface area (Å²) in [5.41, 5.74) is 29.2. The van der Waals surface area contributed by atoms with Crippen LogP contribution in [-0.4, -0.2) is 62.0 Å². The number of pyridine rings is 5. The highest BCUT2D eigenvalue weighted by atomic mass is 19.4. The fourth-order valence-electron chi connectivity index (χ4n) is 16.2. The van der Waals surface area contributed by atoms with E-state index in [0.717, 1.165) is 102 Å². The van der Waals surface area contributed by atoms with Gasteiger partial charge in [-0.3, -0.25) is 25.0 Å². The quantitative estimate of drug-likeness (QED) is 0.0625. The summed E-state index contributed by atoms with van der Waals surface area (Å²) in [7, 11) is 0. The minimum absolute atomic E-state index is 0.0608. The summed E-state index contributed by atoms with van der Waals surface area (Å²) in [6.07, 6.45) is 11.3. The molecule has 1 aliphatic carbocycles. The van der Waals surface area contributed by atoms with Gasteiger partial charge in [-0.2, -0.15) is 13.2 Å². The highest BCUT2D eigenvalue weighted by Gasteiger charge is 2.34. The van der Waals surface area contributed by atoms with Crippen molar-refractivity contribution in [2.24, 2.45) is 25.0 Å². The van der Waals surface area contributed by atoms with E-state index >= 15 is 0 Å². The van der Waals surface area contributed by atoms with Crippen molar-refractivity contribution in [2.45, 2.75) is 223 Å². The minimum atomic E-state index is -4.44. The topological polar surface area (TPSA) is 126 Å². The summed E-state index contributed by atoms with van der Waals surface area (Å²) < 4.78 is 40.2. The summed E-state index contributed by atoms with van der Waals surface area (Å²) in [4.78, 5) is 47.5. The maximum atomic E-state index is 13.4. The van der Waals surface area contributed by atoms with Crippen LogP contribution in [0.3, 0.4) is 0 Å². The Labute approximate surface area is 765 Å². The fourth-order valence-corrected chi connectivity index (χ4v) is 16.2. The van der Waals surface area contributed by atoms with Crippen LogP contribution in [0, 0.1) is 20.8 Å². The molecule has 0 atom stereocenters. The summed E-state index contributed by atoms with van der Waals surface area (Å²) in [6, 6.07) is 92.3. The number of aryl methyl sites for hydroxylation is 3. The molecular weight excluding hydrogens is 1590 g/mol. The number of hydrogen-bond donors (Lipinski definition) is 0. The molecular formula is C116H127F3N10. The Balaban J connectivity index is 0.000000157. The number of hydrogen-bond acceptors (Lipinski definition) is 10. The molecule has 129 heavy (non-hydrogen) atoms. The van der Waals surface area contributed by atoms with Gasteiger partial charge in [0.05, 0.1) is 116 Å². The standard InChI is InChI=1S/C27H32N2.C25H25F3N2.C24H26N2.C22H24N2.C18H20N2/c1-17(2)23-11-9-12-24(18(3)4)27(23)28-16-22-10-8-13-25(29-22)26-20(6)14-19(5)15-21(26)7;1-16(2)19-11-8-12-20(17(3)4)24(19)29-15-18-9-7-14-23(30-18)21-10-5-6-13-22(21)25(26,27)28;1-17(2)21-13-9-14-22(18(3)4)24(21)25-16-20-12-8-15-23(26-20)19-10-6-5-7-11-19;1-15(2)19-9-7-10-20(16(3)4)22(19)23-14-18-13-12-17-8-5-6-11-21(17)24-18;1-3-8-15(9-4-1)18-13-7-12-17(20-18)14-19-16-10-5-2-6-11-16/h8-18H,1-7H3;5-17H,1-4H3;5-18H,1-4H3;5-16H,1-4H3;1,3-4,7-9,12-14,16H,2,5-6,10-11H2. The average Bonchev–Trinajstić information content (AvgIpc) is 0.809. The van der Waals surface area contributed by atoms with Gasteiger partial charge in [0.15, 0.2) is 0 Å². The highest BCUT2D eigenvalue weighted by molar-refractivity contribution is 5.88. The van der Waals surface area contributed by atoms with E-state index in [1.807, 2.05) is 128 Å². The Morgan fingerprint density at radius 1 is 0.295 bits per heavy atom. The molecule has 0 bridgehead atoms. The number of halogens is 3. The van der Waals surface area contributed by atoms with E-state index in [1.165, 1.54) is 99.9 Å². The predicted molar refractivity (Wildman–Crippen MR) is 542 cm³/mol. The van der Waals surface area contributed by atoms with E-state index < -0.39 is 11.7 Å². The third-order valence-electron chi connectivity index (χ3n) is 22.9. The van der Waals surface area contributed by atoms with E-state index in [2.05, 4.69) is 275 Å². The SMILES string of the molecule is C(=NC1CCCCC1)c1cccc(-c2ccccc2)n1.CC(C)c1cccc(C(C)C)c1N=Cc1ccc2ccccc2n1.CC(C)c1cccc(C(C)C)c1N=Cc1cccc(-c2ccccc2)n1.CC(C)c1cccc(C(C)C)c1N=Cc1cccc(-c2ccccc2C(F)(F)F)n1.Cc1cc(C)c(-c2cccc(C=Nc3c(C(C)C)cccc3C(C)C)n2)c(C)c1. The molecule has 0 aliphatic heterocycles. The summed E-state index contributed by atoms with van der Waals surface area (Å²) in [6.45, 7) is 41.5. The Kier molecular flexibility index (Phi) is 35.1. The van der Waals surface area contributed by atoms with Crippen LogP contribution >= 0.6 is 0 Å². The second-order valence-corrected chi connectivity index (χ2v) is 35.7. The molecule has 0 unspecified atom stereocenters. The smallest absolute Gasteiger partial charge is 0.288 e. The molecule has 5 heterocycles. The lowest BCUT2D eigenvalue weighted by Crippen LogP contribution is -2.09. The minimum Gasteiger partial charge on any atom is -0.288 e. The van der Waals surface area contributed by atoms with E-state index in [4.69, 9.17) is 39.9 Å². The Bertz CT molecular complexity index is 6040. The zero-order valence-electron chi connectivity index (χ0n) is 78.8. The van der Waals surface area contributed by atoms with Crippen molar-refractivity contribution in [3.8, 4) is 45.0 Å². The molecule has 14 aromatic rings. The van der Waals surface area contributed by atoms with Crippen molar-refractivity contribution in [1.29, 1.82) is 0 Å². The second kappa shape index (κ2) is 46.7. The molecule has 10 nitrogen and oxygen atoms in total. The van der Waals surface area contributed by atoms with E-state index in [1.54, 1.807) is 30.5 Å². The number of benzene rings is 9. The van der Waals surface area contributed by atoms with Crippen LogP contribution in [-0.2, 0) is 6.18 Å². The molecule has 0 saturated heterocycles. The van der Waals surface area contributed by atoms with Crippen LogP contribution in [0.4, 0.5) is 35.9 Å². The van der Waals surface area contributed by atoms with E-state index in [0.29, 0.717) is 59.1 Å². The maximum absolute atomic E-state index is 13.4. The van der Waals surface area contributed by atoms with Crippen LogP contribution in [0.25, 0.3) is 55.9 Å². The van der Waals surface area contributed by atoms with Gasteiger partial charge < -0.3 is 0 Å². The van der Waals surface area contributed by atoms with Gasteiger partial charge in [0.25, 0.3) is 0 Å². The predicted octanol–water partition coefficient (Wildman–Crippen LogP) is 32.9. The molecule has 9 aromatic carbocycles. The van der Waals surface area contributed by atoms with Crippen molar-refractivity contribution >= 4 is 64.7 Å². The third-order valence-corrected chi connectivity index (χ3v) is 22.9. The summed E-state index contributed by atoms with van der Waals surface area (Å²) in [5, 5.41) is 1.15. The van der Waals surface area contributed by atoms with Crippen LogP contribution in [0.15, 0.2) is 304 Å². The monoisotopic (exact) mass is 1720 g/mol. The molecule has 1 fully saturated rings. The average molecular weight is 1720 g/mol. The number of nitrogens with zero attached hydrogens (tertiary/aromatic N) is 10. The van der Waals surface area contributed by atoms with Crippen LogP contribution in [0.1, 0.15) is 285 Å². The third kappa shape index (κ3) is 27.1. The number of aliphatic imine (C=N–C) groups is 5. The fraction of sp³-hybridized carbons (Fsp3) is 0.293. The van der Waals surface area contributed by atoms with Gasteiger partial charge in [0, 0.05) is 33.9 Å². The molecule has 0 spiro atoms. The first-order chi connectivity index (χ1) is 62.0. The number of rotatable bonds is 22. The van der Waals surface area contributed by atoms with Crippen molar-refractivity contribution in [1.82, 2.24) is 24.9 Å². The Morgan fingerprint density at radius 3 is 0.984 bits per heavy atom. The summed E-state index contributed by atoms with van der Waals surface area (Å²) >= 11 is 0. The molecule has 5 aromatic heterocycles. The van der Waals surface area contributed by atoms with Crippen molar-refractivity contribution in [2.75, 3.05) is 0 Å². The van der Waals surface area contributed by atoms with Crippen molar-refractivity contribution < 1.29 is 13.2 Å². The number of aromatic nitrogens is 5. The highest BCUT2D eigenvalue weighted by Crippen LogP contribution is 2.41. The van der Waals surface area contributed by atoms with Gasteiger partial charge in [-0.05, 0) is 203 Å². The summed E-state index contributed by atoms with van der Waals surface area (Å²) in [5.74, 6) is 3.22. The van der Waals surface area contributed by atoms with Gasteiger partial charge in [-0.25, -0.2) is 24.9 Å². The number of alkyl halides is 3. The van der Waals surface area contributed by atoms with Crippen LogP contribution in [0.2, 0.25) is 0 Å². The van der Waals surface area contributed by atoms with Gasteiger partial charge >= 0.3 is 6.18 Å². The van der Waals surface area contributed by atoms with Crippen LogP contribution in [0.5, 0.6) is 0 Å². The zero-order valence-corrected chi connectivity index (χ0v) is 78.8. The molecule has 662 valence electrons. The van der Waals surface area contributed by atoms with Gasteiger partial charge in [0.2, 0.25) is 0 Å². The van der Waals surface area contributed by atoms with Crippen LogP contribution < -0.4 is 0 Å². The van der Waals surface area contributed by atoms with Crippen molar-refractivity contribution in [3.63, 3.8) is 0 Å². The Morgan fingerprint density at radius 2 is 0.605 bits per heavy atom. The van der Waals surface area contributed by atoms with Gasteiger partial charge in [0.1, 0.15) is 0 Å². The van der Waals surface area contributed by atoms with Gasteiger partial charge in [-0.1, -0.05) is 348 Å². The lowest BCUT2D eigenvalue weighted by molar-refractivity contribution is -0.137. The first-order valence-electron chi connectivity index (χ1n) is 45.8. The number of para-hydroxylation sites is 5. The molecule has 0 N–H and O–H groups in total. The molecule has 0 radical (unpaired) electrons. The molecule has 1 saturated carbocycles. The second-order valence-electron chi connectivity index (χ2n) is 35.7. The van der Waals surface area contributed by atoms with E-state index in [-0.39, 0.29) is 11.3 Å². The lowest BCUT2D eigenvalue weighted by atomic mass is 9.93. The molecule has 13 heteroatoms. The Hall–Kier alpha value is -12.9. The van der Waals surface area contributed by atoms with E-state index in [9.17, 15) is 13.2 Å². The molecule has 0 amide bonds. The lowest BCUT2D eigenvalue weighted by Gasteiger charge is -2.16. The van der Waals surface area contributed by atoms with Crippen molar-refractivity contribution in [3.05, 3.63) is 374 Å². The first-order valence-corrected chi connectivity index (χ1v) is 45.8. The molecule has 15 rings (SSSR count). The number of fused-ring (bicyclic) bond motifs is 1. The largest absolute Gasteiger partial charge is 0.417 e.